The van der Waals surface area contributed by atoms with Gasteiger partial charge in [-0.05, 0) is 42.3 Å². The first kappa shape index (κ1) is 19.1. The molecule has 3 heterocycles. The largest absolute Gasteiger partial charge is 0.378 e. The van der Waals surface area contributed by atoms with Crippen LogP contribution in [0.4, 0.5) is 11.9 Å². The van der Waals surface area contributed by atoms with Gasteiger partial charge in [0.05, 0.1) is 13.2 Å². The van der Waals surface area contributed by atoms with Crippen LogP contribution in [0.2, 0.25) is 5.28 Å². The van der Waals surface area contributed by atoms with Gasteiger partial charge in [0, 0.05) is 25.3 Å². The molecule has 0 bridgehead atoms. The van der Waals surface area contributed by atoms with E-state index in [0.717, 1.165) is 25.3 Å². The molecule has 1 aliphatic heterocycles. The fourth-order valence-electron chi connectivity index (χ4n) is 2.32. The molecule has 8 nitrogen and oxygen atoms in total. The van der Waals surface area contributed by atoms with Gasteiger partial charge in [-0.25, -0.2) is 9.97 Å². The number of halogens is 1. The Labute approximate surface area is 162 Å². The van der Waals surface area contributed by atoms with Gasteiger partial charge >= 0.3 is 0 Å². The maximum atomic E-state index is 5.96. The Balaban J connectivity index is 1.87. The molecule has 26 heavy (non-hydrogen) atoms. The summed E-state index contributed by atoms with van der Waals surface area (Å²) in [7, 11) is 0. The Kier molecular flexibility index (Phi) is 6.44. The molecule has 2 aromatic rings. The minimum absolute atomic E-state index is 0.216. The molecular weight excluding hydrogens is 374 g/mol. The first-order valence-electron chi connectivity index (χ1n) is 8.51. The molecule has 10 heteroatoms. The molecule has 1 saturated heterocycles. The van der Waals surface area contributed by atoms with E-state index in [1.807, 2.05) is 13.0 Å². The lowest BCUT2D eigenvalue weighted by Gasteiger charge is -2.27. The summed E-state index contributed by atoms with van der Waals surface area (Å²) in [5.41, 5.74) is 0.799. The molecule has 0 unspecified atom stereocenters. The van der Waals surface area contributed by atoms with Crippen molar-refractivity contribution in [3.8, 4) is 0 Å². The smallest absolute Gasteiger partial charge is 0.231 e. The molecule has 3 rings (SSSR count). The van der Waals surface area contributed by atoms with Crippen molar-refractivity contribution in [1.29, 1.82) is 0 Å². The van der Waals surface area contributed by atoms with Crippen LogP contribution in [0.1, 0.15) is 19.5 Å². The van der Waals surface area contributed by atoms with Crippen molar-refractivity contribution in [2.45, 2.75) is 31.0 Å². The van der Waals surface area contributed by atoms with Crippen LogP contribution in [0, 0.1) is 12.8 Å². The quantitative estimate of drug-likeness (QED) is 0.585. The Morgan fingerprint density at radius 1 is 1.19 bits per heavy atom. The molecule has 1 fully saturated rings. The van der Waals surface area contributed by atoms with Gasteiger partial charge in [-0.2, -0.15) is 15.0 Å². The Morgan fingerprint density at radius 3 is 2.65 bits per heavy atom. The fourth-order valence-corrected chi connectivity index (χ4v) is 3.40. The molecule has 0 aromatic carbocycles. The molecule has 0 saturated carbocycles. The highest BCUT2D eigenvalue weighted by atomic mass is 35.5. The average Bonchev–Trinajstić information content (AvgIpc) is 2.59. The zero-order valence-corrected chi connectivity index (χ0v) is 16.6. The van der Waals surface area contributed by atoms with Gasteiger partial charge in [0.1, 0.15) is 5.03 Å². The summed E-state index contributed by atoms with van der Waals surface area (Å²) in [5, 5.41) is 4.77. The van der Waals surface area contributed by atoms with Crippen molar-refractivity contribution >= 4 is 35.3 Å². The predicted molar refractivity (Wildman–Crippen MR) is 102 cm³/mol. The number of rotatable bonds is 6. The summed E-state index contributed by atoms with van der Waals surface area (Å²) >= 11 is 7.31. The SMILES string of the molecule is Cc1cc(Sc2nc(NCC(C)C)nc(N3CCOCC3)n2)nc(Cl)n1. The molecular formula is C16H22ClN7OS. The maximum Gasteiger partial charge on any atom is 0.231 e. The van der Waals surface area contributed by atoms with Crippen molar-refractivity contribution in [2.75, 3.05) is 43.1 Å². The van der Waals surface area contributed by atoms with E-state index in [4.69, 9.17) is 16.3 Å². The summed E-state index contributed by atoms with van der Waals surface area (Å²) in [5.74, 6) is 1.70. The number of ether oxygens (including phenoxy) is 1. The average molecular weight is 396 g/mol. The van der Waals surface area contributed by atoms with Gasteiger partial charge in [0.25, 0.3) is 0 Å². The first-order chi connectivity index (χ1) is 12.5. The highest BCUT2D eigenvalue weighted by molar-refractivity contribution is 7.99. The molecule has 2 aromatic heterocycles. The first-order valence-corrected chi connectivity index (χ1v) is 9.71. The van der Waals surface area contributed by atoms with Crippen molar-refractivity contribution in [3.05, 3.63) is 17.0 Å². The Morgan fingerprint density at radius 2 is 1.96 bits per heavy atom. The van der Waals surface area contributed by atoms with Gasteiger partial charge in [-0.3, -0.25) is 0 Å². The van der Waals surface area contributed by atoms with Crippen LogP contribution in [-0.2, 0) is 4.74 Å². The molecule has 0 atom stereocenters. The lowest BCUT2D eigenvalue weighted by Crippen LogP contribution is -2.37. The minimum atomic E-state index is 0.216. The van der Waals surface area contributed by atoms with Crippen LogP contribution >= 0.6 is 23.4 Å². The lowest BCUT2D eigenvalue weighted by molar-refractivity contribution is 0.122. The van der Waals surface area contributed by atoms with E-state index in [1.165, 1.54) is 11.8 Å². The number of hydrogen-bond donors (Lipinski definition) is 1. The number of hydrogen-bond acceptors (Lipinski definition) is 9. The summed E-state index contributed by atoms with van der Waals surface area (Å²) in [4.78, 5) is 24.1. The van der Waals surface area contributed by atoms with Crippen LogP contribution in [0.5, 0.6) is 0 Å². The third kappa shape index (κ3) is 5.39. The van der Waals surface area contributed by atoms with E-state index in [2.05, 4.69) is 49.0 Å². The van der Waals surface area contributed by atoms with E-state index in [0.29, 0.717) is 41.2 Å². The van der Waals surface area contributed by atoms with E-state index < -0.39 is 0 Å². The molecule has 0 spiro atoms. The molecule has 0 amide bonds. The van der Waals surface area contributed by atoms with E-state index in [-0.39, 0.29) is 5.28 Å². The number of aromatic nitrogens is 5. The molecule has 1 N–H and O–H groups in total. The van der Waals surface area contributed by atoms with Crippen LogP contribution in [0.15, 0.2) is 16.2 Å². The second-order valence-corrected chi connectivity index (χ2v) is 7.66. The molecule has 1 aliphatic rings. The number of anilines is 2. The van der Waals surface area contributed by atoms with Gasteiger partial charge in [-0.1, -0.05) is 13.8 Å². The van der Waals surface area contributed by atoms with Gasteiger partial charge in [-0.15, -0.1) is 0 Å². The highest BCUT2D eigenvalue weighted by Gasteiger charge is 2.17. The number of aryl methyl sites for hydroxylation is 1. The van der Waals surface area contributed by atoms with Gasteiger partial charge in [0.15, 0.2) is 0 Å². The van der Waals surface area contributed by atoms with Gasteiger partial charge < -0.3 is 15.0 Å². The lowest BCUT2D eigenvalue weighted by atomic mass is 10.2. The maximum absolute atomic E-state index is 5.96. The predicted octanol–water partition coefficient (Wildman–Crippen LogP) is 2.68. The summed E-state index contributed by atoms with van der Waals surface area (Å²) in [6.45, 7) is 9.80. The summed E-state index contributed by atoms with van der Waals surface area (Å²) < 4.78 is 5.42. The van der Waals surface area contributed by atoms with E-state index in [9.17, 15) is 0 Å². The monoisotopic (exact) mass is 395 g/mol. The standard InChI is InChI=1S/C16H22ClN7OS/c1-10(2)9-18-14-21-15(24-4-6-25-7-5-24)23-16(22-14)26-12-8-11(3)19-13(17)20-12/h8,10H,4-7,9H2,1-3H3,(H,18,21,22,23). The second kappa shape index (κ2) is 8.79. The summed E-state index contributed by atoms with van der Waals surface area (Å²) in [6, 6.07) is 1.86. The molecule has 0 aliphatic carbocycles. The van der Waals surface area contributed by atoms with Crippen molar-refractivity contribution in [2.24, 2.45) is 5.92 Å². The van der Waals surface area contributed by atoms with Crippen molar-refractivity contribution in [3.63, 3.8) is 0 Å². The van der Waals surface area contributed by atoms with Crippen LogP contribution < -0.4 is 10.2 Å². The zero-order chi connectivity index (χ0) is 18.5. The third-order valence-electron chi connectivity index (χ3n) is 3.56. The van der Waals surface area contributed by atoms with E-state index >= 15 is 0 Å². The Hall–Kier alpha value is -1.71. The second-order valence-electron chi connectivity index (χ2n) is 6.33. The normalized spacial score (nSPS) is 14.7. The van der Waals surface area contributed by atoms with E-state index in [1.54, 1.807) is 0 Å². The summed E-state index contributed by atoms with van der Waals surface area (Å²) in [6.07, 6.45) is 0. The number of nitrogens with one attached hydrogen (secondary N) is 1. The fraction of sp³-hybridized carbons (Fsp3) is 0.562. The van der Waals surface area contributed by atoms with Crippen LogP contribution in [0.25, 0.3) is 0 Å². The zero-order valence-electron chi connectivity index (χ0n) is 15.1. The molecule has 140 valence electrons. The van der Waals surface area contributed by atoms with Crippen LogP contribution in [-0.4, -0.2) is 57.8 Å². The van der Waals surface area contributed by atoms with Gasteiger partial charge in [0.2, 0.25) is 22.3 Å². The van der Waals surface area contributed by atoms with Crippen molar-refractivity contribution < 1.29 is 4.74 Å². The third-order valence-corrected chi connectivity index (χ3v) is 4.52. The highest BCUT2D eigenvalue weighted by Crippen LogP contribution is 2.26. The number of morpholine rings is 1. The topological polar surface area (TPSA) is 89.0 Å². The van der Waals surface area contributed by atoms with Crippen LogP contribution in [0.3, 0.4) is 0 Å². The van der Waals surface area contributed by atoms with Crippen molar-refractivity contribution in [1.82, 2.24) is 24.9 Å². The molecule has 0 radical (unpaired) electrons. The minimum Gasteiger partial charge on any atom is -0.378 e. The number of nitrogens with zero attached hydrogens (tertiary/aromatic N) is 6. The Bertz CT molecular complexity index is 735.